The summed E-state index contributed by atoms with van der Waals surface area (Å²) in [7, 11) is 0. The Morgan fingerprint density at radius 1 is 1.56 bits per heavy atom. The average Bonchev–Trinajstić information content (AvgIpc) is 2.70. The van der Waals surface area contributed by atoms with E-state index in [4.69, 9.17) is 4.74 Å². The summed E-state index contributed by atoms with van der Waals surface area (Å²) in [5, 5.41) is 10.8. The monoisotopic (exact) mass is 252 g/mol. The number of nitro groups is 1. The molecule has 0 aliphatic carbocycles. The first kappa shape index (κ1) is 12.0. The summed E-state index contributed by atoms with van der Waals surface area (Å²) in [6.45, 7) is 1.65. The number of aromatic nitrogens is 1. The zero-order valence-electron chi connectivity index (χ0n) is 9.40. The molecule has 0 aliphatic rings. The van der Waals surface area contributed by atoms with Crippen LogP contribution in [0, 0.1) is 15.9 Å². The Hall–Kier alpha value is -2.44. The number of nitrogens with zero attached hydrogens (tertiary/aromatic N) is 1. The van der Waals surface area contributed by atoms with Gasteiger partial charge in [-0.1, -0.05) is 6.07 Å². The number of rotatable bonds is 3. The molecule has 0 amide bonds. The predicted molar refractivity (Wildman–Crippen MR) is 60.9 cm³/mol. The molecule has 1 aromatic heterocycles. The second-order valence-electron chi connectivity index (χ2n) is 3.49. The Kier molecular flexibility index (Phi) is 2.97. The van der Waals surface area contributed by atoms with E-state index < -0.39 is 22.4 Å². The highest BCUT2D eigenvalue weighted by atomic mass is 19.1. The van der Waals surface area contributed by atoms with Gasteiger partial charge in [-0.25, -0.2) is 9.18 Å². The number of aromatic amines is 1. The number of ether oxygens (including phenoxy) is 1. The van der Waals surface area contributed by atoms with Gasteiger partial charge in [-0.2, -0.15) is 0 Å². The van der Waals surface area contributed by atoms with E-state index >= 15 is 0 Å². The van der Waals surface area contributed by atoms with Crippen molar-refractivity contribution in [1.82, 2.24) is 4.98 Å². The van der Waals surface area contributed by atoms with Gasteiger partial charge in [0.2, 0.25) is 5.69 Å². The summed E-state index contributed by atoms with van der Waals surface area (Å²) in [5.74, 6) is -1.63. The van der Waals surface area contributed by atoms with Crippen molar-refractivity contribution < 1.29 is 18.8 Å². The normalized spacial score (nSPS) is 10.6. The number of nitrogens with one attached hydrogen (secondary N) is 1. The van der Waals surface area contributed by atoms with Crippen LogP contribution >= 0.6 is 0 Å². The van der Waals surface area contributed by atoms with Gasteiger partial charge in [0, 0.05) is 0 Å². The SMILES string of the molecule is CCOC(=O)c1[nH]c2cccc(F)c2c1[N+](=O)[O-]. The quantitative estimate of drug-likeness (QED) is 0.516. The lowest BCUT2D eigenvalue weighted by molar-refractivity contribution is -0.383. The summed E-state index contributed by atoms with van der Waals surface area (Å²) in [4.78, 5) is 24.3. The minimum absolute atomic E-state index is 0.0772. The molecule has 2 rings (SSSR count). The van der Waals surface area contributed by atoms with Crippen molar-refractivity contribution in [1.29, 1.82) is 0 Å². The Balaban J connectivity index is 2.74. The third-order valence-corrected chi connectivity index (χ3v) is 2.41. The van der Waals surface area contributed by atoms with Gasteiger partial charge in [0.25, 0.3) is 0 Å². The van der Waals surface area contributed by atoms with Gasteiger partial charge in [0.05, 0.1) is 17.0 Å². The van der Waals surface area contributed by atoms with Gasteiger partial charge in [-0.3, -0.25) is 10.1 Å². The van der Waals surface area contributed by atoms with Gasteiger partial charge in [0.15, 0.2) is 0 Å². The molecule has 6 nitrogen and oxygen atoms in total. The number of benzene rings is 1. The first-order valence-electron chi connectivity index (χ1n) is 5.18. The molecule has 0 atom stereocenters. The molecule has 94 valence electrons. The number of hydrogen-bond donors (Lipinski definition) is 1. The van der Waals surface area contributed by atoms with E-state index in [9.17, 15) is 19.3 Å². The van der Waals surface area contributed by atoms with E-state index in [1.807, 2.05) is 0 Å². The smallest absolute Gasteiger partial charge is 0.362 e. The van der Waals surface area contributed by atoms with Crippen molar-refractivity contribution in [3.05, 3.63) is 39.8 Å². The lowest BCUT2D eigenvalue weighted by atomic mass is 10.2. The van der Waals surface area contributed by atoms with Crippen LogP contribution in [0.2, 0.25) is 0 Å². The maximum atomic E-state index is 13.6. The van der Waals surface area contributed by atoms with Gasteiger partial charge < -0.3 is 9.72 Å². The van der Waals surface area contributed by atoms with Crippen molar-refractivity contribution in [3.63, 3.8) is 0 Å². The second-order valence-corrected chi connectivity index (χ2v) is 3.49. The van der Waals surface area contributed by atoms with E-state index in [0.29, 0.717) is 0 Å². The Morgan fingerprint density at radius 3 is 2.89 bits per heavy atom. The number of halogens is 1. The highest BCUT2D eigenvalue weighted by molar-refractivity contribution is 6.03. The fourth-order valence-corrected chi connectivity index (χ4v) is 1.72. The molecule has 1 heterocycles. The number of hydrogen-bond acceptors (Lipinski definition) is 4. The van der Waals surface area contributed by atoms with E-state index in [1.165, 1.54) is 12.1 Å². The fraction of sp³-hybridized carbons (Fsp3) is 0.182. The summed E-state index contributed by atoms with van der Waals surface area (Å²) in [6, 6.07) is 3.94. The standard InChI is InChI=1S/C11H9FN2O4/c1-2-18-11(15)9-10(14(16)17)8-6(12)4-3-5-7(8)13-9/h3-5,13H,2H2,1H3. The van der Waals surface area contributed by atoms with Gasteiger partial charge >= 0.3 is 11.7 Å². The highest BCUT2D eigenvalue weighted by Crippen LogP contribution is 2.32. The average molecular weight is 252 g/mol. The van der Waals surface area contributed by atoms with Crippen LogP contribution in [0.15, 0.2) is 18.2 Å². The number of carbonyl (C=O) groups excluding carboxylic acids is 1. The third-order valence-electron chi connectivity index (χ3n) is 2.41. The first-order chi connectivity index (χ1) is 8.56. The Morgan fingerprint density at radius 2 is 2.28 bits per heavy atom. The van der Waals surface area contributed by atoms with Crippen LogP contribution in [0.1, 0.15) is 17.4 Å². The van der Waals surface area contributed by atoms with Crippen LogP contribution in [0.5, 0.6) is 0 Å². The van der Waals surface area contributed by atoms with Crippen molar-refractivity contribution in [2.75, 3.05) is 6.61 Å². The minimum atomic E-state index is -0.875. The molecular weight excluding hydrogens is 243 g/mol. The molecule has 0 saturated carbocycles. The van der Waals surface area contributed by atoms with Crippen molar-refractivity contribution in [3.8, 4) is 0 Å². The lowest BCUT2D eigenvalue weighted by Crippen LogP contribution is -2.07. The molecule has 0 spiro atoms. The molecular formula is C11H9FN2O4. The Bertz CT molecular complexity index is 635. The maximum Gasteiger partial charge on any atom is 0.362 e. The minimum Gasteiger partial charge on any atom is -0.461 e. The maximum absolute atomic E-state index is 13.6. The van der Waals surface area contributed by atoms with Crippen LogP contribution in [-0.4, -0.2) is 22.5 Å². The van der Waals surface area contributed by atoms with E-state index in [2.05, 4.69) is 4.98 Å². The number of fused-ring (bicyclic) bond motifs is 1. The van der Waals surface area contributed by atoms with Crippen LogP contribution in [-0.2, 0) is 4.74 Å². The molecule has 1 aromatic carbocycles. The zero-order valence-corrected chi connectivity index (χ0v) is 9.40. The molecule has 0 unspecified atom stereocenters. The summed E-state index contributed by atoms with van der Waals surface area (Å²) in [5.41, 5.74) is -0.756. The van der Waals surface area contributed by atoms with E-state index in [-0.39, 0.29) is 23.2 Å². The number of H-pyrrole nitrogens is 1. The van der Waals surface area contributed by atoms with E-state index in [0.717, 1.165) is 6.07 Å². The van der Waals surface area contributed by atoms with Crippen molar-refractivity contribution >= 4 is 22.6 Å². The zero-order chi connectivity index (χ0) is 13.3. The fourth-order valence-electron chi connectivity index (χ4n) is 1.72. The van der Waals surface area contributed by atoms with Crippen molar-refractivity contribution in [2.24, 2.45) is 0 Å². The second kappa shape index (κ2) is 4.44. The molecule has 0 fully saturated rings. The molecule has 1 N–H and O–H groups in total. The summed E-state index contributed by atoms with van der Waals surface area (Å²) >= 11 is 0. The first-order valence-corrected chi connectivity index (χ1v) is 5.18. The Labute approximate surface area is 101 Å². The van der Waals surface area contributed by atoms with E-state index in [1.54, 1.807) is 6.92 Å². The molecule has 0 radical (unpaired) electrons. The van der Waals surface area contributed by atoms with Crippen LogP contribution in [0.4, 0.5) is 10.1 Å². The molecule has 7 heteroatoms. The van der Waals surface area contributed by atoms with Crippen LogP contribution < -0.4 is 0 Å². The topological polar surface area (TPSA) is 85.2 Å². The molecule has 0 bridgehead atoms. The molecule has 2 aromatic rings. The predicted octanol–water partition coefficient (Wildman–Crippen LogP) is 2.39. The lowest BCUT2D eigenvalue weighted by Gasteiger charge is -1.98. The number of esters is 1. The highest BCUT2D eigenvalue weighted by Gasteiger charge is 2.29. The number of carbonyl (C=O) groups is 1. The van der Waals surface area contributed by atoms with Gasteiger partial charge in [-0.15, -0.1) is 0 Å². The third kappa shape index (κ3) is 1.79. The molecule has 0 saturated heterocycles. The molecule has 18 heavy (non-hydrogen) atoms. The molecule has 0 aliphatic heterocycles. The summed E-state index contributed by atoms with van der Waals surface area (Å²) < 4.78 is 18.3. The summed E-state index contributed by atoms with van der Waals surface area (Å²) in [6.07, 6.45) is 0. The van der Waals surface area contributed by atoms with Crippen LogP contribution in [0.25, 0.3) is 10.9 Å². The van der Waals surface area contributed by atoms with Gasteiger partial charge in [-0.05, 0) is 19.1 Å². The largest absolute Gasteiger partial charge is 0.461 e. The van der Waals surface area contributed by atoms with Gasteiger partial charge in [0.1, 0.15) is 11.2 Å². The van der Waals surface area contributed by atoms with Crippen molar-refractivity contribution in [2.45, 2.75) is 6.92 Å². The van der Waals surface area contributed by atoms with Crippen LogP contribution in [0.3, 0.4) is 0 Å².